The molecular formula is C15H22N2O2. The van der Waals surface area contributed by atoms with E-state index in [1.807, 2.05) is 38.1 Å². The number of fused-ring (bicyclic) bond motifs is 1. The Morgan fingerprint density at radius 3 is 2.84 bits per heavy atom. The first-order chi connectivity index (χ1) is 8.94. The predicted molar refractivity (Wildman–Crippen MR) is 76.1 cm³/mol. The van der Waals surface area contributed by atoms with Gasteiger partial charge in [-0.25, -0.2) is 0 Å². The number of anilines is 1. The number of benzene rings is 1. The molecule has 0 radical (unpaired) electrons. The molecule has 0 saturated carbocycles. The van der Waals surface area contributed by atoms with Gasteiger partial charge in [0.05, 0.1) is 5.60 Å². The van der Waals surface area contributed by atoms with Crippen LogP contribution in [-0.2, 0) is 4.79 Å². The van der Waals surface area contributed by atoms with Crippen molar-refractivity contribution in [2.45, 2.75) is 38.3 Å². The first kappa shape index (κ1) is 14.0. The van der Waals surface area contributed by atoms with E-state index in [4.69, 9.17) is 0 Å². The van der Waals surface area contributed by atoms with Gasteiger partial charge in [0, 0.05) is 31.7 Å². The van der Waals surface area contributed by atoms with Gasteiger partial charge in [-0.3, -0.25) is 4.79 Å². The molecule has 0 saturated heterocycles. The molecule has 0 fully saturated rings. The van der Waals surface area contributed by atoms with E-state index in [-0.39, 0.29) is 11.9 Å². The molecule has 1 aromatic carbocycles. The molecule has 1 aromatic rings. The Morgan fingerprint density at radius 2 is 2.16 bits per heavy atom. The van der Waals surface area contributed by atoms with Crippen molar-refractivity contribution in [3.63, 3.8) is 0 Å². The molecule has 0 spiro atoms. The van der Waals surface area contributed by atoms with Crippen molar-refractivity contribution in [2.24, 2.45) is 0 Å². The van der Waals surface area contributed by atoms with E-state index in [2.05, 4.69) is 5.32 Å². The molecule has 1 aliphatic rings. The highest BCUT2D eigenvalue weighted by Crippen LogP contribution is 2.33. The summed E-state index contributed by atoms with van der Waals surface area (Å²) in [5.41, 5.74) is 1.34. The van der Waals surface area contributed by atoms with Gasteiger partial charge in [0.25, 0.3) is 0 Å². The van der Waals surface area contributed by atoms with Gasteiger partial charge < -0.3 is 15.3 Å². The summed E-state index contributed by atoms with van der Waals surface area (Å²) in [5, 5.41) is 13.4. The Labute approximate surface area is 114 Å². The molecule has 0 aromatic heterocycles. The third-order valence-corrected chi connectivity index (χ3v) is 3.92. The minimum absolute atomic E-state index is 0.0158. The summed E-state index contributed by atoms with van der Waals surface area (Å²) in [6, 6.07) is 7.90. The summed E-state index contributed by atoms with van der Waals surface area (Å²) in [6.07, 6.45) is 1.12. The number of aliphatic hydroxyl groups is 1. The maximum atomic E-state index is 12.0. The molecule has 19 heavy (non-hydrogen) atoms. The van der Waals surface area contributed by atoms with Gasteiger partial charge in [0.2, 0.25) is 5.91 Å². The lowest BCUT2D eigenvalue weighted by Gasteiger charge is -2.34. The number of hydrogen-bond acceptors (Lipinski definition) is 3. The van der Waals surface area contributed by atoms with E-state index in [1.54, 1.807) is 11.9 Å². The number of carbonyl (C=O) groups is 1. The molecule has 2 rings (SSSR count). The number of rotatable bonds is 4. The zero-order valence-electron chi connectivity index (χ0n) is 11.8. The molecule has 2 unspecified atom stereocenters. The Morgan fingerprint density at radius 1 is 1.47 bits per heavy atom. The lowest BCUT2D eigenvalue weighted by Crippen LogP contribution is -2.43. The standard InChI is InChI=1S/C15H22N2O2/c1-4-15(2,19)10-16-12-9-14(18)17(3)13-8-6-5-7-11(12)13/h5-8,12,16,19H,4,9-10H2,1-3H3. The Hall–Kier alpha value is -1.39. The lowest BCUT2D eigenvalue weighted by molar-refractivity contribution is -0.119. The van der Waals surface area contributed by atoms with Gasteiger partial charge in [-0.15, -0.1) is 0 Å². The van der Waals surface area contributed by atoms with Crippen LogP contribution in [0.1, 0.15) is 38.3 Å². The van der Waals surface area contributed by atoms with Crippen LogP contribution in [-0.4, -0.2) is 30.2 Å². The monoisotopic (exact) mass is 262 g/mol. The quantitative estimate of drug-likeness (QED) is 0.870. The van der Waals surface area contributed by atoms with Crippen molar-refractivity contribution < 1.29 is 9.90 Å². The molecular weight excluding hydrogens is 240 g/mol. The Kier molecular flexibility index (Phi) is 3.92. The van der Waals surface area contributed by atoms with Crippen LogP contribution in [0.25, 0.3) is 0 Å². The minimum atomic E-state index is -0.735. The molecule has 104 valence electrons. The van der Waals surface area contributed by atoms with Crippen molar-refractivity contribution >= 4 is 11.6 Å². The predicted octanol–water partition coefficient (Wildman–Crippen LogP) is 1.84. The first-order valence-corrected chi connectivity index (χ1v) is 6.76. The smallest absolute Gasteiger partial charge is 0.228 e. The van der Waals surface area contributed by atoms with Crippen LogP contribution in [0.2, 0.25) is 0 Å². The van der Waals surface area contributed by atoms with E-state index in [9.17, 15) is 9.90 Å². The van der Waals surface area contributed by atoms with E-state index < -0.39 is 5.60 Å². The molecule has 0 aliphatic carbocycles. The molecule has 2 atom stereocenters. The third kappa shape index (κ3) is 2.96. The fourth-order valence-corrected chi connectivity index (χ4v) is 2.29. The van der Waals surface area contributed by atoms with Crippen LogP contribution >= 0.6 is 0 Å². The van der Waals surface area contributed by atoms with Crippen LogP contribution in [0.5, 0.6) is 0 Å². The Balaban J connectivity index is 2.18. The van der Waals surface area contributed by atoms with Crippen molar-refractivity contribution in [1.29, 1.82) is 0 Å². The van der Waals surface area contributed by atoms with Crippen LogP contribution in [0, 0.1) is 0 Å². The van der Waals surface area contributed by atoms with Crippen LogP contribution < -0.4 is 10.2 Å². The largest absolute Gasteiger partial charge is 0.389 e. The van der Waals surface area contributed by atoms with Gasteiger partial charge in [-0.1, -0.05) is 25.1 Å². The van der Waals surface area contributed by atoms with E-state index >= 15 is 0 Å². The molecule has 0 bridgehead atoms. The summed E-state index contributed by atoms with van der Waals surface area (Å²) in [5.74, 6) is 0.104. The molecule has 4 nitrogen and oxygen atoms in total. The highest BCUT2D eigenvalue weighted by Gasteiger charge is 2.30. The average molecular weight is 262 g/mol. The molecule has 4 heteroatoms. The zero-order valence-corrected chi connectivity index (χ0v) is 11.8. The number of carbonyl (C=O) groups excluding carboxylic acids is 1. The summed E-state index contributed by atoms with van der Waals surface area (Å²) in [7, 11) is 1.81. The van der Waals surface area contributed by atoms with Crippen LogP contribution in [0.4, 0.5) is 5.69 Å². The van der Waals surface area contributed by atoms with E-state index in [0.29, 0.717) is 19.4 Å². The van der Waals surface area contributed by atoms with Crippen molar-refractivity contribution in [3.8, 4) is 0 Å². The maximum absolute atomic E-state index is 12.0. The number of para-hydroxylation sites is 1. The van der Waals surface area contributed by atoms with Gasteiger partial charge >= 0.3 is 0 Å². The van der Waals surface area contributed by atoms with E-state index in [0.717, 1.165) is 11.3 Å². The molecule has 1 heterocycles. The fourth-order valence-electron chi connectivity index (χ4n) is 2.29. The van der Waals surface area contributed by atoms with E-state index in [1.165, 1.54) is 0 Å². The van der Waals surface area contributed by atoms with Gasteiger partial charge in [-0.05, 0) is 25.0 Å². The zero-order chi connectivity index (χ0) is 14.0. The van der Waals surface area contributed by atoms with Crippen LogP contribution in [0.15, 0.2) is 24.3 Å². The van der Waals surface area contributed by atoms with Gasteiger partial charge in [0.15, 0.2) is 0 Å². The number of nitrogens with zero attached hydrogens (tertiary/aromatic N) is 1. The number of nitrogens with one attached hydrogen (secondary N) is 1. The number of amides is 1. The molecule has 2 N–H and O–H groups in total. The van der Waals surface area contributed by atoms with Crippen LogP contribution in [0.3, 0.4) is 0 Å². The summed E-state index contributed by atoms with van der Waals surface area (Å²) in [4.78, 5) is 13.7. The normalized spacial score (nSPS) is 22.0. The second kappa shape index (κ2) is 5.31. The number of hydrogen-bond donors (Lipinski definition) is 2. The van der Waals surface area contributed by atoms with Gasteiger partial charge in [-0.2, -0.15) is 0 Å². The first-order valence-electron chi connectivity index (χ1n) is 6.76. The minimum Gasteiger partial charge on any atom is -0.389 e. The second-order valence-corrected chi connectivity index (χ2v) is 5.50. The summed E-state index contributed by atoms with van der Waals surface area (Å²) < 4.78 is 0. The SMILES string of the molecule is CCC(C)(O)CNC1CC(=O)N(C)c2ccccc21. The highest BCUT2D eigenvalue weighted by atomic mass is 16.3. The maximum Gasteiger partial charge on any atom is 0.228 e. The van der Waals surface area contributed by atoms with Crippen molar-refractivity contribution in [1.82, 2.24) is 5.32 Å². The van der Waals surface area contributed by atoms with Crippen molar-refractivity contribution in [2.75, 3.05) is 18.5 Å². The van der Waals surface area contributed by atoms with Gasteiger partial charge in [0.1, 0.15) is 0 Å². The third-order valence-electron chi connectivity index (χ3n) is 3.92. The summed E-state index contributed by atoms with van der Waals surface area (Å²) >= 11 is 0. The summed E-state index contributed by atoms with van der Waals surface area (Å²) in [6.45, 7) is 4.25. The average Bonchev–Trinajstić information content (AvgIpc) is 2.41. The second-order valence-electron chi connectivity index (χ2n) is 5.50. The van der Waals surface area contributed by atoms with Crippen molar-refractivity contribution in [3.05, 3.63) is 29.8 Å². The lowest BCUT2D eigenvalue weighted by atomic mass is 9.95. The fraction of sp³-hybridized carbons (Fsp3) is 0.533. The molecule has 1 aliphatic heterocycles. The molecule has 1 amide bonds. The topological polar surface area (TPSA) is 52.6 Å². The Bertz CT molecular complexity index is 471. The highest BCUT2D eigenvalue weighted by molar-refractivity contribution is 5.96.